The first-order valence-corrected chi connectivity index (χ1v) is 4.96. The normalized spacial score (nSPS) is 41.5. The SMILES string of the molecule is CON(C)C(=O)C1[C@H]2CC(C)C[C@@H]12. The second-order valence-electron chi connectivity index (χ2n) is 4.45. The molecule has 0 bridgehead atoms. The third kappa shape index (κ3) is 1.35. The van der Waals surface area contributed by atoms with Crippen molar-refractivity contribution in [2.24, 2.45) is 23.7 Å². The van der Waals surface area contributed by atoms with Crippen molar-refractivity contribution in [3.8, 4) is 0 Å². The lowest BCUT2D eigenvalue weighted by Gasteiger charge is -2.15. The summed E-state index contributed by atoms with van der Waals surface area (Å²) in [6, 6.07) is 0. The van der Waals surface area contributed by atoms with E-state index in [1.54, 1.807) is 14.2 Å². The lowest BCUT2D eigenvalue weighted by molar-refractivity contribution is -0.171. The summed E-state index contributed by atoms with van der Waals surface area (Å²) >= 11 is 0. The first kappa shape index (κ1) is 9.00. The Balaban J connectivity index is 1.90. The lowest BCUT2D eigenvalue weighted by atomic mass is 10.0. The van der Waals surface area contributed by atoms with Crippen LogP contribution in [0.2, 0.25) is 0 Å². The van der Waals surface area contributed by atoms with Crippen LogP contribution < -0.4 is 0 Å². The Labute approximate surface area is 79.0 Å². The summed E-state index contributed by atoms with van der Waals surface area (Å²) in [5.74, 6) is 2.61. The summed E-state index contributed by atoms with van der Waals surface area (Å²) in [6.07, 6.45) is 2.47. The molecule has 2 rings (SSSR count). The largest absolute Gasteiger partial charge is 0.275 e. The third-order valence-electron chi connectivity index (χ3n) is 3.55. The second-order valence-corrected chi connectivity index (χ2v) is 4.45. The summed E-state index contributed by atoms with van der Waals surface area (Å²) in [7, 11) is 3.23. The maximum absolute atomic E-state index is 11.7. The van der Waals surface area contributed by atoms with Crippen molar-refractivity contribution in [1.29, 1.82) is 0 Å². The molecule has 0 N–H and O–H groups in total. The molecule has 2 aliphatic rings. The number of carbonyl (C=O) groups is 1. The highest BCUT2D eigenvalue weighted by Crippen LogP contribution is 2.59. The van der Waals surface area contributed by atoms with E-state index in [2.05, 4.69) is 6.92 Å². The van der Waals surface area contributed by atoms with E-state index in [4.69, 9.17) is 4.84 Å². The highest BCUT2D eigenvalue weighted by Gasteiger charge is 2.59. The first-order chi connectivity index (χ1) is 6.15. The molecular formula is C10H17NO2. The van der Waals surface area contributed by atoms with Gasteiger partial charge in [0.2, 0.25) is 5.91 Å². The van der Waals surface area contributed by atoms with Crippen molar-refractivity contribution in [2.45, 2.75) is 19.8 Å². The Morgan fingerprint density at radius 1 is 1.38 bits per heavy atom. The molecule has 1 amide bonds. The van der Waals surface area contributed by atoms with Gasteiger partial charge in [0, 0.05) is 13.0 Å². The minimum atomic E-state index is 0.171. The molecule has 0 aliphatic heterocycles. The molecule has 2 aliphatic carbocycles. The van der Waals surface area contributed by atoms with Crippen LogP contribution in [0.3, 0.4) is 0 Å². The Morgan fingerprint density at radius 3 is 2.38 bits per heavy atom. The van der Waals surface area contributed by atoms with Gasteiger partial charge in [-0.1, -0.05) is 6.92 Å². The zero-order valence-electron chi connectivity index (χ0n) is 8.49. The summed E-state index contributed by atoms with van der Waals surface area (Å²) in [5.41, 5.74) is 0. The third-order valence-corrected chi connectivity index (χ3v) is 3.55. The lowest BCUT2D eigenvalue weighted by Crippen LogP contribution is -2.28. The number of hydroxylamine groups is 2. The van der Waals surface area contributed by atoms with Crippen molar-refractivity contribution in [3.63, 3.8) is 0 Å². The Kier molecular flexibility index (Phi) is 2.06. The average molecular weight is 183 g/mol. The van der Waals surface area contributed by atoms with Gasteiger partial charge in [-0.25, -0.2) is 5.06 Å². The minimum Gasteiger partial charge on any atom is -0.275 e. The quantitative estimate of drug-likeness (QED) is 0.604. The van der Waals surface area contributed by atoms with E-state index >= 15 is 0 Å². The maximum atomic E-state index is 11.7. The fourth-order valence-corrected chi connectivity index (χ4v) is 2.78. The molecule has 2 saturated carbocycles. The van der Waals surface area contributed by atoms with Crippen LogP contribution in [0.15, 0.2) is 0 Å². The van der Waals surface area contributed by atoms with Crippen LogP contribution in [0, 0.1) is 23.7 Å². The number of amides is 1. The maximum Gasteiger partial charge on any atom is 0.249 e. The summed E-state index contributed by atoms with van der Waals surface area (Å²) in [4.78, 5) is 16.5. The number of fused-ring (bicyclic) bond motifs is 1. The molecule has 2 unspecified atom stereocenters. The number of hydrogen-bond donors (Lipinski definition) is 0. The number of hydrogen-bond acceptors (Lipinski definition) is 2. The predicted molar refractivity (Wildman–Crippen MR) is 48.6 cm³/mol. The highest BCUT2D eigenvalue weighted by molar-refractivity contribution is 5.81. The molecule has 0 aromatic heterocycles. The van der Waals surface area contributed by atoms with Crippen molar-refractivity contribution < 1.29 is 9.63 Å². The van der Waals surface area contributed by atoms with Gasteiger partial charge in [-0.3, -0.25) is 9.63 Å². The van der Waals surface area contributed by atoms with E-state index in [1.807, 2.05) is 0 Å². The van der Waals surface area contributed by atoms with Gasteiger partial charge in [0.05, 0.1) is 7.11 Å². The van der Waals surface area contributed by atoms with E-state index in [-0.39, 0.29) is 11.8 Å². The Bertz CT molecular complexity index is 217. The zero-order valence-corrected chi connectivity index (χ0v) is 8.49. The number of carbonyl (C=O) groups excluding carboxylic acids is 1. The van der Waals surface area contributed by atoms with Gasteiger partial charge in [-0.2, -0.15) is 0 Å². The summed E-state index contributed by atoms with van der Waals surface area (Å²) in [5, 5.41) is 1.37. The van der Waals surface area contributed by atoms with E-state index in [0.29, 0.717) is 11.8 Å². The first-order valence-electron chi connectivity index (χ1n) is 4.96. The fourth-order valence-electron chi connectivity index (χ4n) is 2.78. The van der Waals surface area contributed by atoms with Crippen LogP contribution >= 0.6 is 0 Å². The Hall–Kier alpha value is -0.570. The topological polar surface area (TPSA) is 29.5 Å². The van der Waals surface area contributed by atoms with Gasteiger partial charge in [0.15, 0.2) is 0 Å². The molecule has 0 aromatic carbocycles. The van der Waals surface area contributed by atoms with Crippen molar-refractivity contribution >= 4 is 5.91 Å². The standard InChI is InChI=1S/C10H17NO2/c1-6-4-7-8(5-6)9(7)10(12)11(2)13-3/h6-9H,4-5H2,1-3H3/t6?,7-,8+,9?. The smallest absolute Gasteiger partial charge is 0.249 e. The minimum absolute atomic E-state index is 0.171. The average Bonchev–Trinajstić information content (AvgIpc) is 2.62. The monoisotopic (exact) mass is 183 g/mol. The molecule has 13 heavy (non-hydrogen) atoms. The molecule has 0 heterocycles. The summed E-state index contributed by atoms with van der Waals surface area (Å²) < 4.78 is 0. The second kappa shape index (κ2) is 2.98. The molecule has 0 saturated heterocycles. The highest BCUT2D eigenvalue weighted by atomic mass is 16.7. The summed E-state index contributed by atoms with van der Waals surface area (Å²) in [6.45, 7) is 2.27. The van der Waals surface area contributed by atoms with Gasteiger partial charge in [0.1, 0.15) is 0 Å². The van der Waals surface area contributed by atoms with E-state index < -0.39 is 0 Å². The molecule has 3 nitrogen and oxygen atoms in total. The van der Waals surface area contributed by atoms with Gasteiger partial charge < -0.3 is 0 Å². The van der Waals surface area contributed by atoms with Gasteiger partial charge in [-0.05, 0) is 30.6 Å². The van der Waals surface area contributed by atoms with Crippen LogP contribution in [0.25, 0.3) is 0 Å². The molecule has 3 heteroatoms. The predicted octanol–water partition coefficient (Wildman–Crippen LogP) is 1.30. The molecule has 0 radical (unpaired) electrons. The van der Waals surface area contributed by atoms with Crippen molar-refractivity contribution in [1.82, 2.24) is 5.06 Å². The van der Waals surface area contributed by atoms with E-state index in [1.165, 1.54) is 17.9 Å². The van der Waals surface area contributed by atoms with Gasteiger partial charge in [-0.15, -0.1) is 0 Å². The molecular weight excluding hydrogens is 166 g/mol. The van der Waals surface area contributed by atoms with Crippen LogP contribution in [0.1, 0.15) is 19.8 Å². The van der Waals surface area contributed by atoms with Crippen molar-refractivity contribution in [3.05, 3.63) is 0 Å². The Morgan fingerprint density at radius 2 is 1.92 bits per heavy atom. The van der Waals surface area contributed by atoms with E-state index in [0.717, 1.165) is 5.92 Å². The number of rotatable bonds is 2. The fraction of sp³-hybridized carbons (Fsp3) is 0.900. The van der Waals surface area contributed by atoms with E-state index in [9.17, 15) is 4.79 Å². The van der Waals surface area contributed by atoms with Crippen LogP contribution in [0.5, 0.6) is 0 Å². The molecule has 0 spiro atoms. The van der Waals surface area contributed by atoms with Crippen molar-refractivity contribution in [2.75, 3.05) is 14.2 Å². The number of nitrogens with zero attached hydrogens (tertiary/aromatic N) is 1. The van der Waals surface area contributed by atoms with Crippen LogP contribution in [-0.4, -0.2) is 25.1 Å². The van der Waals surface area contributed by atoms with Gasteiger partial charge >= 0.3 is 0 Å². The van der Waals surface area contributed by atoms with Gasteiger partial charge in [0.25, 0.3) is 0 Å². The molecule has 0 aromatic rings. The molecule has 74 valence electrons. The molecule has 4 atom stereocenters. The van der Waals surface area contributed by atoms with Crippen LogP contribution in [-0.2, 0) is 9.63 Å². The zero-order chi connectivity index (χ0) is 9.59. The van der Waals surface area contributed by atoms with Crippen LogP contribution in [0.4, 0.5) is 0 Å². The molecule has 2 fully saturated rings.